The molecule has 0 saturated heterocycles. The summed E-state index contributed by atoms with van der Waals surface area (Å²) in [4.78, 5) is 23.2. The molecule has 2 N–H and O–H groups in total. The molecule has 0 aliphatic carbocycles. The molecule has 0 aromatic heterocycles. The van der Waals surface area contributed by atoms with Crippen molar-refractivity contribution in [2.75, 3.05) is 13.2 Å². The fourth-order valence-electron chi connectivity index (χ4n) is 2.83. The number of urea groups is 1. The van der Waals surface area contributed by atoms with E-state index in [0.29, 0.717) is 12.8 Å². The molecular formula is C21H28N3O8PS. The van der Waals surface area contributed by atoms with E-state index in [0.717, 1.165) is 11.6 Å². The lowest BCUT2D eigenvalue weighted by Crippen LogP contribution is -2.41. The average Bonchev–Trinajstić information content (AvgIpc) is 2.80. The van der Waals surface area contributed by atoms with Crippen molar-refractivity contribution in [3.05, 3.63) is 69.8 Å². The predicted octanol–water partition coefficient (Wildman–Crippen LogP) is 4.64. The van der Waals surface area contributed by atoms with Gasteiger partial charge >= 0.3 is 13.6 Å². The Kier molecular flexibility index (Phi) is 9.75. The SMILES string of the molecule is CCCOP(=O)(OCCC)C(NC(=O)NS(=O)(=O)c1ccc(C)cc1)c1cccc([N+](=O)[O-])c1. The normalized spacial score (nSPS) is 12.7. The van der Waals surface area contributed by atoms with Gasteiger partial charge in [-0.25, -0.2) is 17.9 Å². The van der Waals surface area contributed by atoms with E-state index in [-0.39, 0.29) is 29.4 Å². The number of carbonyl (C=O) groups excluding carboxylic acids is 1. The van der Waals surface area contributed by atoms with Gasteiger partial charge in [0, 0.05) is 12.1 Å². The van der Waals surface area contributed by atoms with Gasteiger partial charge in [0.25, 0.3) is 15.7 Å². The van der Waals surface area contributed by atoms with Crippen molar-refractivity contribution in [3.8, 4) is 0 Å². The van der Waals surface area contributed by atoms with Crippen LogP contribution in [0, 0.1) is 17.0 Å². The smallest absolute Gasteiger partial charge is 0.319 e. The number of nitro benzene ring substituents is 1. The molecule has 2 aromatic rings. The van der Waals surface area contributed by atoms with Crippen molar-refractivity contribution in [1.82, 2.24) is 10.0 Å². The number of non-ortho nitro benzene ring substituents is 1. The monoisotopic (exact) mass is 513 g/mol. The van der Waals surface area contributed by atoms with E-state index in [2.05, 4.69) is 5.32 Å². The van der Waals surface area contributed by atoms with Crippen LogP contribution in [0.2, 0.25) is 0 Å². The lowest BCUT2D eigenvalue weighted by atomic mass is 10.2. The zero-order valence-corrected chi connectivity index (χ0v) is 20.8. The van der Waals surface area contributed by atoms with Gasteiger partial charge in [-0.15, -0.1) is 0 Å². The number of rotatable bonds is 12. The van der Waals surface area contributed by atoms with E-state index in [1.54, 1.807) is 32.9 Å². The number of sulfonamides is 1. The molecule has 2 amide bonds. The Balaban J connectivity index is 2.43. The van der Waals surface area contributed by atoms with E-state index in [9.17, 15) is 27.9 Å². The molecular weight excluding hydrogens is 485 g/mol. The van der Waals surface area contributed by atoms with Gasteiger partial charge in [-0.1, -0.05) is 43.7 Å². The first-order valence-corrected chi connectivity index (χ1v) is 13.6. The van der Waals surface area contributed by atoms with E-state index < -0.39 is 34.4 Å². The minimum Gasteiger partial charge on any atom is -0.319 e. The first-order valence-electron chi connectivity index (χ1n) is 10.6. The van der Waals surface area contributed by atoms with Crippen molar-refractivity contribution in [3.63, 3.8) is 0 Å². The minimum absolute atomic E-state index is 0.0252. The molecule has 0 aliphatic rings. The highest BCUT2D eigenvalue weighted by atomic mass is 32.2. The molecule has 2 rings (SSSR count). The zero-order chi connectivity index (χ0) is 25.4. The third-order valence-electron chi connectivity index (χ3n) is 4.49. The summed E-state index contributed by atoms with van der Waals surface area (Å²) in [5.41, 5.74) is 0.582. The molecule has 0 aliphatic heterocycles. The lowest BCUT2D eigenvalue weighted by molar-refractivity contribution is -0.384. The van der Waals surface area contributed by atoms with Gasteiger partial charge < -0.3 is 14.4 Å². The molecule has 13 heteroatoms. The van der Waals surface area contributed by atoms with Crippen molar-refractivity contribution in [1.29, 1.82) is 0 Å². The minimum atomic E-state index is -4.25. The van der Waals surface area contributed by atoms with Crippen molar-refractivity contribution in [2.24, 2.45) is 0 Å². The van der Waals surface area contributed by atoms with E-state index in [1.807, 2.05) is 4.72 Å². The first kappa shape index (κ1) is 27.5. The zero-order valence-electron chi connectivity index (χ0n) is 19.1. The van der Waals surface area contributed by atoms with Crippen LogP contribution in [0.1, 0.15) is 43.6 Å². The topological polar surface area (TPSA) is 154 Å². The quantitative estimate of drug-likeness (QED) is 0.236. The molecule has 34 heavy (non-hydrogen) atoms. The van der Waals surface area contributed by atoms with E-state index >= 15 is 0 Å². The van der Waals surface area contributed by atoms with Crippen LogP contribution in [0.5, 0.6) is 0 Å². The number of aryl methyl sites for hydroxylation is 1. The number of amides is 2. The van der Waals surface area contributed by atoms with Gasteiger partial charge in [0.1, 0.15) is 0 Å². The Morgan fingerprint density at radius 3 is 2.21 bits per heavy atom. The second kappa shape index (κ2) is 12.1. The molecule has 186 valence electrons. The van der Waals surface area contributed by atoms with Gasteiger partial charge in [-0.05, 0) is 37.5 Å². The molecule has 1 atom stereocenters. The largest absolute Gasteiger partial charge is 0.357 e. The lowest BCUT2D eigenvalue weighted by Gasteiger charge is -2.28. The molecule has 0 radical (unpaired) electrons. The fraction of sp³-hybridized carbons (Fsp3) is 0.381. The van der Waals surface area contributed by atoms with Crippen LogP contribution < -0.4 is 10.0 Å². The Morgan fingerprint density at radius 1 is 1.09 bits per heavy atom. The number of hydrogen-bond donors (Lipinski definition) is 2. The molecule has 11 nitrogen and oxygen atoms in total. The Labute approximate surface area is 198 Å². The summed E-state index contributed by atoms with van der Waals surface area (Å²) in [6.07, 6.45) is 0.963. The number of benzene rings is 2. The molecule has 0 saturated carbocycles. The van der Waals surface area contributed by atoms with Crippen LogP contribution in [0.25, 0.3) is 0 Å². The van der Waals surface area contributed by atoms with Gasteiger partial charge in [-0.3, -0.25) is 14.7 Å². The highest BCUT2D eigenvalue weighted by Crippen LogP contribution is 2.60. The predicted molar refractivity (Wildman–Crippen MR) is 126 cm³/mol. The van der Waals surface area contributed by atoms with E-state index in [1.165, 1.54) is 30.3 Å². The first-order chi connectivity index (χ1) is 16.0. The van der Waals surface area contributed by atoms with Crippen molar-refractivity contribution < 1.29 is 31.7 Å². The highest BCUT2D eigenvalue weighted by Gasteiger charge is 2.39. The van der Waals surface area contributed by atoms with Crippen LogP contribution in [-0.2, 0) is 23.6 Å². The highest BCUT2D eigenvalue weighted by molar-refractivity contribution is 7.90. The van der Waals surface area contributed by atoms with Gasteiger partial charge in [0.2, 0.25) is 0 Å². The van der Waals surface area contributed by atoms with Crippen LogP contribution in [0.15, 0.2) is 53.4 Å². The number of carbonyl (C=O) groups is 1. The number of nitrogens with zero attached hydrogens (tertiary/aromatic N) is 1. The van der Waals surface area contributed by atoms with Crippen molar-refractivity contribution in [2.45, 2.75) is 44.3 Å². The van der Waals surface area contributed by atoms with Crippen LogP contribution in [-0.4, -0.2) is 32.6 Å². The van der Waals surface area contributed by atoms with Crippen molar-refractivity contribution >= 4 is 29.3 Å². The third-order valence-corrected chi connectivity index (χ3v) is 7.98. The summed E-state index contributed by atoms with van der Waals surface area (Å²) in [7, 11) is -8.37. The summed E-state index contributed by atoms with van der Waals surface area (Å²) in [6, 6.07) is 9.73. The Bertz CT molecular complexity index is 1140. The van der Waals surface area contributed by atoms with E-state index in [4.69, 9.17) is 9.05 Å². The second-order valence-electron chi connectivity index (χ2n) is 7.35. The maximum atomic E-state index is 13.7. The summed E-state index contributed by atoms with van der Waals surface area (Å²) in [5.74, 6) is -1.50. The molecule has 0 fully saturated rings. The fourth-order valence-corrected chi connectivity index (χ4v) is 5.79. The number of hydrogen-bond acceptors (Lipinski definition) is 8. The molecule has 2 aromatic carbocycles. The summed E-state index contributed by atoms with van der Waals surface area (Å²) in [6.45, 7) is 5.39. The summed E-state index contributed by atoms with van der Waals surface area (Å²) >= 11 is 0. The summed E-state index contributed by atoms with van der Waals surface area (Å²) < 4.78 is 51.8. The Morgan fingerprint density at radius 2 is 1.68 bits per heavy atom. The standard InChI is InChI=1S/C21H28N3O8PS/c1-4-13-31-33(28,32-14-5-2)20(17-7-6-8-18(15-17)24(26)27)22-21(25)23-34(29,30)19-11-9-16(3)10-12-19/h6-12,15,20H,4-5,13-14H2,1-3H3,(H2,22,23,25). The maximum absolute atomic E-state index is 13.7. The van der Waals surface area contributed by atoms with Crippen LogP contribution in [0.3, 0.4) is 0 Å². The Hall–Kier alpha value is -2.79. The molecule has 0 heterocycles. The van der Waals surface area contributed by atoms with Crippen LogP contribution in [0.4, 0.5) is 10.5 Å². The number of nitro groups is 1. The summed E-state index contributed by atoms with van der Waals surface area (Å²) in [5, 5.41) is 13.6. The molecule has 0 bridgehead atoms. The second-order valence-corrected chi connectivity index (χ2v) is 11.1. The molecule has 0 spiro atoms. The van der Waals surface area contributed by atoms with Gasteiger partial charge in [-0.2, -0.15) is 0 Å². The van der Waals surface area contributed by atoms with Gasteiger partial charge in [0.15, 0.2) is 5.78 Å². The maximum Gasteiger partial charge on any atom is 0.357 e. The number of nitrogens with one attached hydrogen (secondary N) is 2. The van der Waals surface area contributed by atoms with Crippen LogP contribution >= 0.6 is 7.60 Å². The van der Waals surface area contributed by atoms with Gasteiger partial charge in [0.05, 0.1) is 23.0 Å². The average molecular weight is 514 g/mol. The molecule has 1 unspecified atom stereocenters. The third kappa shape index (κ3) is 7.36.